The molecule has 1 aromatic rings. The molecule has 7 heteroatoms. The van der Waals surface area contributed by atoms with Crippen LogP contribution in [0.25, 0.3) is 0 Å². The summed E-state index contributed by atoms with van der Waals surface area (Å²) in [4.78, 5) is 0. The van der Waals surface area contributed by atoms with E-state index in [9.17, 15) is 0 Å². The summed E-state index contributed by atoms with van der Waals surface area (Å²) < 4.78 is 37.6. The van der Waals surface area contributed by atoms with Crippen LogP contribution in [0.1, 0.15) is 5.56 Å². The summed E-state index contributed by atoms with van der Waals surface area (Å²) in [6.45, 7) is 7.36. The Labute approximate surface area is 174 Å². The largest absolute Gasteiger partial charge is 0.377 e. The van der Waals surface area contributed by atoms with E-state index in [1.807, 2.05) is 30.3 Å². The lowest BCUT2D eigenvalue weighted by atomic mass is 10.2. The van der Waals surface area contributed by atoms with Crippen molar-refractivity contribution in [3.05, 3.63) is 35.9 Å². The van der Waals surface area contributed by atoms with Crippen molar-refractivity contribution in [2.24, 2.45) is 0 Å². The quantitative estimate of drug-likeness (QED) is 0.227. The van der Waals surface area contributed by atoms with E-state index in [-0.39, 0.29) is 0 Å². The lowest BCUT2D eigenvalue weighted by Crippen LogP contribution is -2.14. The maximum atomic E-state index is 5.54. The first-order valence-electron chi connectivity index (χ1n) is 9.95. The SMILES string of the molecule is C#CCOCCOCCOCCOCCOCCOCCOCc1ccccc1. The van der Waals surface area contributed by atoms with Crippen LogP contribution in [0.4, 0.5) is 0 Å². The first-order valence-corrected chi connectivity index (χ1v) is 9.95. The minimum absolute atomic E-state index is 0.318. The van der Waals surface area contributed by atoms with Crippen LogP contribution in [0.5, 0.6) is 0 Å². The zero-order valence-electron chi connectivity index (χ0n) is 17.2. The van der Waals surface area contributed by atoms with E-state index >= 15 is 0 Å². The van der Waals surface area contributed by atoms with Crippen molar-refractivity contribution in [2.75, 3.05) is 85.9 Å². The molecule has 0 amide bonds. The maximum Gasteiger partial charge on any atom is 0.107 e. The van der Waals surface area contributed by atoms with Crippen LogP contribution >= 0.6 is 0 Å². The lowest BCUT2D eigenvalue weighted by Gasteiger charge is -2.08. The minimum atomic E-state index is 0.318. The number of terminal acetylenes is 1. The summed E-state index contributed by atoms with van der Waals surface area (Å²) in [7, 11) is 0. The Morgan fingerprint density at radius 2 is 0.897 bits per heavy atom. The Hall–Kier alpha value is -1.50. The van der Waals surface area contributed by atoms with Crippen molar-refractivity contribution in [2.45, 2.75) is 6.61 Å². The van der Waals surface area contributed by atoms with Crippen LogP contribution in [-0.2, 0) is 39.8 Å². The van der Waals surface area contributed by atoms with Crippen LogP contribution in [0.15, 0.2) is 30.3 Å². The van der Waals surface area contributed by atoms with Crippen molar-refractivity contribution in [3.63, 3.8) is 0 Å². The lowest BCUT2D eigenvalue weighted by molar-refractivity contribution is -0.0204. The first kappa shape index (κ1) is 25.5. The van der Waals surface area contributed by atoms with Gasteiger partial charge in [0.2, 0.25) is 0 Å². The highest BCUT2D eigenvalue weighted by molar-refractivity contribution is 5.13. The van der Waals surface area contributed by atoms with Gasteiger partial charge in [-0.3, -0.25) is 0 Å². The van der Waals surface area contributed by atoms with E-state index < -0.39 is 0 Å². The topological polar surface area (TPSA) is 64.6 Å². The third kappa shape index (κ3) is 18.3. The molecule has 1 rings (SSSR count). The van der Waals surface area contributed by atoms with Crippen LogP contribution < -0.4 is 0 Å². The Morgan fingerprint density at radius 3 is 1.31 bits per heavy atom. The van der Waals surface area contributed by atoms with Crippen molar-refractivity contribution in [3.8, 4) is 12.3 Å². The van der Waals surface area contributed by atoms with Crippen LogP contribution in [-0.4, -0.2) is 85.9 Å². The molecule has 0 fully saturated rings. The minimum Gasteiger partial charge on any atom is -0.377 e. The van der Waals surface area contributed by atoms with Crippen LogP contribution in [0.2, 0.25) is 0 Å². The molecule has 0 aromatic heterocycles. The summed E-state index contributed by atoms with van der Waals surface area (Å²) in [5.41, 5.74) is 1.16. The first-order chi connectivity index (χ1) is 14.4. The smallest absolute Gasteiger partial charge is 0.107 e. The van der Waals surface area contributed by atoms with Gasteiger partial charge in [-0.25, -0.2) is 0 Å². The van der Waals surface area contributed by atoms with Gasteiger partial charge in [-0.15, -0.1) is 6.42 Å². The highest BCUT2D eigenvalue weighted by Crippen LogP contribution is 1.99. The molecule has 164 valence electrons. The number of hydrogen-bond acceptors (Lipinski definition) is 7. The maximum absolute atomic E-state index is 5.54. The second kappa shape index (κ2) is 21.2. The van der Waals surface area contributed by atoms with E-state index in [1.165, 1.54) is 0 Å². The Bertz CT molecular complexity index is 490. The molecule has 1 aromatic carbocycles. The van der Waals surface area contributed by atoms with Crippen molar-refractivity contribution in [1.29, 1.82) is 0 Å². The van der Waals surface area contributed by atoms with Gasteiger partial charge in [0, 0.05) is 0 Å². The van der Waals surface area contributed by atoms with E-state index in [0.29, 0.717) is 92.5 Å². The molecule has 0 N–H and O–H groups in total. The van der Waals surface area contributed by atoms with Gasteiger partial charge in [0.25, 0.3) is 0 Å². The number of benzene rings is 1. The van der Waals surface area contributed by atoms with Gasteiger partial charge < -0.3 is 33.2 Å². The van der Waals surface area contributed by atoms with E-state index in [4.69, 9.17) is 39.6 Å². The van der Waals surface area contributed by atoms with Gasteiger partial charge in [-0.1, -0.05) is 36.3 Å². The average Bonchev–Trinajstić information content (AvgIpc) is 2.75. The average molecular weight is 411 g/mol. The molecule has 0 aliphatic carbocycles. The molecule has 7 nitrogen and oxygen atoms in total. The standard InChI is InChI=1S/C22H34O7/c1-2-8-23-9-10-24-11-12-25-13-14-26-15-16-27-17-18-28-19-20-29-21-22-6-4-3-5-7-22/h1,3-7H,8-21H2. The normalized spacial score (nSPS) is 10.9. The Kier molecular flexibility index (Phi) is 18.7. The Morgan fingerprint density at radius 1 is 0.517 bits per heavy atom. The van der Waals surface area contributed by atoms with Crippen molar-refractivity contribution >= 4 is 0 Å². The van der Waals surface area contributed by atoms with E-state index in [2.05, 4.69) is 5.92 Å². The summed E-state index contributed by atoms with van der Waals surface area (Å²) in [6.07, 6.45) is 5.06. The summed E-state index contributed by atoms with van der Waals surface area (Å²) in [5, 5.41) is 0. The monoisotopic (exact) mass is 410 g/mol. The fourth-order valence-electron chi connectivity index (χ4n) is 2.11. The van der Waals surface area contributed by atoms with Crippen molar-refractivity contribution in [1.82, 2.24) is 0 Å². The highest BCUT2D eigenvalue weighted by atomic mass is 16.6. The molecular formula is C22H34O7. The molecule has 0 heterocycles. The van der Waals surface area contributed by atoms with E-state index in [1.54, 1.807) is 0 Å². The molecule has 0 radical (unpaired) electrons. The zero-order chi connectivity index (χ0) is 20.7. The second-order valence-electron chi connectivity index (χ2n) is 5.86. The molecule has 0 spiro atoms. The van der Waals surface area contributed by atoms with Crippen LogP contribution in [0.3, 0.4) is 0 Å². The third-order valence-corrected chi connectivity index (χ3v) is 3.53. The molecule has 0 saturated heterocycles. The Balaban J connectivity index is 1.67. The molecule has 0 aliphatic rings. The molecule has 0 aliphatic heterocycles. The fraction of sp³-hybridized carbons (Fsp3) is 0.636. The van der Waals surface area contributed by atoms with Gasteiger partial charge in [0.15, 0.2) is 0 Å². The summed E-state index contributed by atoms with van der Waals surface area (Å²) in [6, 6.07) is 10.1. The molecule has 0 saturated carbocycles. The molecular weight excluding hydrogens is 376 g/mol. The van der Waals surface area contributed by atoms with Gasteiger partial charge in [0.1, 0.15) is 6.61 Å². The molecule has 0 unspecified atom stereocenters. The van der Waals surface area contributed by atoms with E-state index in [0.717, 1.165) is 5.56 Å². The predicted molar refractivity (Wildman–Crippen MR) is 110 cm³/mol. The predicted octanol–water partition coefficient (Wildman–Crippen LogP) is 1.94. The molecule has 0 bridgehead atoms. The number of rotatable bonds is 21. The molecule has 0 atom stereocenters. The van der Waals surface area contributed by atoms with Crippen molar-refractivity contribution < 1.29 is 33.2 Å². The van der Waals surface area contributed by atoms with Gasteiger partial charge in [-0.05, 0) is 5.56 Å². The van der Waals surface area contributed by atoms with Gasteiger partial charge in [0.05, 0.1) is 85.9 Å². The highest BCUT2D eigenvalue weighted by Gasteiger charge is 1.95. The summed E-state index contributed by atoms with van der Waals surface area (Å²) in [5.74, 6) is 2.40. The summed E-state index contributed by atoms with van der Waals surface area (Å²) >= 11 is 0. The molecule has 29 heavy (non-hydrogen) atoms. The third-order valence-electron chi connectivity index (χ3n) is 3.53. The van der Waals surface area contributed by atoms with Gasteiger partial charge in [-0.2, -0.15) is 0 Å². The van der Waals surface area contributed by atoms with Crippen LogP contribution in [0, 0.1) is 12.3 Å². The number of ether oxygens (including phenoxy) is 7. The number of hydrogen-bond donors (Lipinski definition) is 0. The second-order valence-corrected chi connectivity index (χ2v) is 5.86. The fourth-order valence-corrected chi connectivity index (χ4v) is 2.11. The van der Waals surface area contributed by atoms with Gasteiger partial charge >= 0.3 is 0 Å². The zero-order valence-corrected chi connectivity index (χ0v) is 17.2.